The molecule has 1 aromatic carbocycles. The van der Waals surface area contributed by atoms with Crippen molar-refractivity contribution in [1.29, 1.82) is 0 Å². The molecule has 1 aromatic heterocycles. The number of hydrogen-bond donors (Lipinski definition) is 2. The molecule has 5 nitrogen and oxygen atoms in total. The first-order chi connectivity index (χ1) is 10.2. The first-order valence-electron chi connectivity index (χ1n) is 7.34. The zero-order chi connectivity index (χ0) is 14.7. The molecule has 1 aliphatic rings. The zero-order valence-corrected chi connectivity index (χ0v) is 12.2. The van der Waals surface area contributed by atoms with E-state index in [0.717, 1.165) is 37.4 Å². The van der Waals surface area contributed by atoms with Gasteiger partial charge in [0.2, 0.25) is 5.91 Å². The third-order valence-electron chi connectivity index (χ3n) is 4.02. The number of aromatic amines is 1. The van der Waals surface area contributed by atoms with Crippen molar-refractivity contribution in [2.45, 2.75) is 25.7 Å². The van der Waals surface area contributed by atoms with Crippen molar-refractivity contribution in [3.8, 4) is 0 Å². The van der Waals surface area contributed by atoms with Gasteiger partial charge in [0.15, 0.2) is 0 Å². The predicted octanol–water partition coefficient (Wildman–Crippen LogP) is 2.75. The lowest BCUT2D eigenvalue weighted by Crippen LogP contribution is -2.33. The molecule has 0 radical (unpaired) electrons. The lowest BCUT2D eigenvalue weighted by Gasteiger charge is -2.32. The Hall–Kier alpha value is -2.30. The van der Waals surface area contributed by atoms with Gasteiger partial charge in [-0.1, -0.05) is 12.1 Å². The molecule has 0 spiro atoms. The summed E-state index contributed by atoms with van der Waals surface area (Å²) in [5.41, 5.74) is 2.22. The van der Waals surface area contributed by atoms with Crippen LogP contribution in [-0.2, 0) is 4.79 Å². The minimum atomic E-state index is -0.0318. The standard InChI is InChI=1S/C16H20N4O/c1-12(21)18-15-4-2-13(3-5-15)14-7-10-20(11-8-14)16-6-9-17-19-16/h2-6,9,14H,7-8,10-11H2,1H3,(H,17,19)(H,18,21). The van der Waals surface area contributed by atoms with Crippen LogP contribution in [-0.4, -0.2) is 29.2 Å². The van der Waals surface area contributed by atoms with Crippen LogP contribution in [0.2, 0.25) is 0 Å². The monoisotopic (exact) mass is 284 g/mol. The Bertz CT molecular complexity index is 583. The number of carbonyl (C=O) groups is 1. The fraction of sp³-hybridized carbons (Fsp3) is 0.375. The highest BCUT2D eigenvalue weighted by molar-refractivity contribution is 5.88. The van der Waals surface area contributed by atoms with Crippen LogP contribution in [0.5, 0.6) is 0 Å². The van der Waals surface area contributed by atoms with Crippen LogP contribution in [0.15, 0.2) is 36.5 Å². The molecule has 0 atom stereocenters. The van der Waals surface area contributed by atoms with Crippen LogP contribution in [0.25, 0.3) is 0 Å². The topological polar surface area (TPSA) is 61.0 Å². The average molecular weight is 284 g/mol. The second-order valence-corrected chi connectivity index (χ2v) is 5.51. The number of nitrogens with one attached hydrogen (secondary N) is 2. The number of aromatic nitrogens is 2. The largest absolute Gasteiger partial charge is 0.357 e. The Morgan fingerprint density at radius 2 is 1.95 bits per heavy atom. The highest BCUT2D eigenvalue weighted by Crippen LogP contribution is 2.30. The van der Waals surface area contributed by atoms with E-state index in [-0.39, 0.29) is 5.91 Å². The number of hydrogen-bond acceptors (Lipinski definition) is 3. The Labute approximate surface area is 124 Å². The summed E-state index contributed by atoms with van der Waals surface area (Å²) in [5.74, 6) is 1.67. The van der Waals surface area contributed by atoms with Crippen molar-refractivity contribution >= 4 is 17.4 Å². The summed E-state index contributed by atoms with van der Waals surface area (Å²) in [5, 5.41) is 9.83. The van der Waals surface area contributed by atoms with Gasteiger partial charge in [-0.3, -0.25) is 9.89 Å². The minimum Gasteiger partial charge on any atom is -0.357 e. The molecule has 2 aromatic rings. The Morgan fingerprint density at radius 3 is 2.52 bits per heavy atom. The Kier molecular flexibility index (Phi) is 3.90. The maximum Gasteiger partial charge on any atom is 0.221 e. The molecule has 0 unspecified atom stereocenters. The number of amides is 1. The van der Waals surface area contributed by atoms with E-state index >= 15 is 0 Å². The van der Waals surface area contributed by atoms with E-state index in [4.69, 9.17) is 0 Å². The van der Waals surface area contributed by atoms with Crippen molar-refractivity contribution in [1.82, 2.24) is 10.2 Å². The number of carbonyl (C=O) groups excluding carboxylic acids is 1. The summed E-state index contributed by atoms with van der Waals surface area (Å²) in [7, 11) is 0. The number of rotatable bonds is 3. The second kappa shape index (κ2) is 5.99. The third-order valence-corrected chi connectivity index (χ3v) is 4.02. The first-order valence-corrected chi connectivity index (χ1v) is 7.34. The van der Waals surface area contributed by atoms with Gasteiger partial charge in [-0.15, -0.1) is 0 Å². The van der Waals surface area contributed by atoms with E-state index in [1.165, 1.54) is 12.5 Å². The number of benzene rings is 1. The minimum absolute atomic E-state index is 0.0318. The molecule has 0 bridgehead atoms. The van der Waals surface area contributed by atoms with Crippen LogP contribution in [0, 0.1) is 0 Å². The van der Waals surface area contributed by atoms with E-state index in [0.29, 0.717) is 5.92 Å². The van der Waals surface area contributed by atoms with Crippen LogP contribution in [0.1, 0.15) is 31.2 Å². The fourth-order valence-corrected chi connectivity index (χ4v) is 2.92. The maximum absolute atomic E-state index is 11.0. The molecular formula is C16H20N4O. The van der Waals surface area contributed by atoms with Gasteiger partial charge < -0.3 is 10.2 Å². The molecular weight excluding hydrogens is 264 g/mol. The quantitative estimate of drug-likeness (QED) is 0.911. The first kappa shape index (κ1) is 13.7. The van der Waals surface area contributed by atoms with E-state index in [9.17, 15) is 4.79 Å². The molecule has 2 N–H and O–H groups in total. The van der Waals surface area contributed by atoms with Crippen LogP contribution in [0.4, 0.5) is 11.5 Å². The second-order valence-electron chi connectivity index (χ2n) is 5.51. The highest BCUT2D eigenvalue weighted by Gasteiger charge is 2.21. The van der Waals surface area contributed by atoms with E-state index in [1.807, 2.05) is 18.2 Å². The predicted molar refractivity (Wildman–Crippen MR) is 83.5 cm³/mol. The molecule has 21 heavy (non-hydrogen) atoms. The molecule has 3 rings (SSSR count). The number of H-pyrrole nitrogens is 1. The van der Waals surface area contributed by atoms with Crippen LogP contribution in [0.3, 0.4) is 0 Å². The number of anilines is 2. The van der Waals surface area contributed by atoms with Crippen molar-refractivity contribution < 1.29 is 4.79 Å². The summed E-state index contributed by atoms with van der Waals surface area (Å²) in [6.07, 6.45) is 4.07. The van der Waals surface area contributed by atoms with Gasteiger partial charge in [0, 0.05) is 31.8 Å². The molecule has 1 aliphatic heterocycles. The van der Waals surface area contributed by atoms with Crippen molar-refractivity contribution in [2.75, 3.05) is 23.3 Å². The van der Waals surface area contributed by atoms with E-state index < -0.39 is 0 Å². The van der Waals surface area contributed by atoms with Crippen molar-refractivity contribution in [2.24, 2.45) is 0 Å². The lowest BCUT2D eigenvalue weighted by molar-refractivity contribution is -0.114. The molecule has 0 aliphatic carbocycles. The molecule has 2 heterocycles. The Morgan fingerprint density at radius 1 is 1.24 bits per heavy atom. The van der Waals surface area contributed by atoms with Crippen LogP contribution < -0.4 is 10.2 Å². The summed E-state index contributed by atoms with van der Waals surface area (Å²) in [6.45, 7) is 3.61. The SMILES string of the molecule is CC(=O)Nc1ccc(C2CCN(c3ccn[nH]3)CC2)cc1. The average Bonchev–Trinajstić information content (AvgIpc) is 3.02. The summed E-state index contributed by atoms with van der Waals surface area (Å²) in [4.78, 5) is 13.4. The number of nitrogens with zero attached hydrogens (tertiary/aromatic N) is 2. The van der Waals surface area contributed by atoms with Gasteiger partial charge in [-0.25, -0.2) is 0 Å². The molecule has 0 saturated carbocycles. The van der Waals surface area contributed by atoms with E-state index in [1.54, 1.807) is 6.20 Å². The molecule has 1 saturated heterocycles. The zero-order valence-electron chi connectivity index (χ0n) is 12.2. The maximum atomic E-state index is 11.0. The third kappa shape index (κ3) is 3.24. The van der Waals surface area contributed by atoms with Crippen molar-refractivity contribution in [3.63, 3.8) is 0 Å². The van der Waals surface area contributed by atoms with Gasteiger partial charge in [-0.05, 0) is 36.5 Å². The molecule has 5 heteroatoms. The van der Waals surface area contributed by atoms with Crippen molar-refractivity contribution in [3.05, 3.63) is 42.1 Å². The fourth-order valence-electron chi connectivity index (χ4n) is 2.92. The van der Waals surface area contributed by atoms with Gasteiger partial charge in [0.25, 0.3) is 0 Å². The molecule has 110 valence electrons. The van der Waals surface area contributed by atoms with E-state index in [2.05, 4.69) is 32.5 Å². The van der Waals surface area contributed by atoms with Gasteiger partial charge in [0.05, 0.1) is 6.20 Å². The van der Waals surface area contributed by atoms with Gasteiger partial charge >= 0.3 is 0 Å². The summed E-state index contributed by atoms with van der Waals surface area (Å²) in [6, 6.07) is 10.2. The summed E-state index contributed by atoms with van der Waals surface area (Å²) < 4.78 is 0. The lowest BCUT2D eigenvalue weighted by atomic mass is 9.89. The van der Waals surface area contributed by atoms with Crippen LogP contribution >= 0.6 is 0 Å². The number of piperidine rings is 1. The smallest absolute Gasteiger partial charge is 0.221 e. The summed E-state index contributed by atoms with van der Waals surface area (Å²) >= 11 is 0. The normalized spacial score (nSPS) is 16.0. The van der Waals surface area contributed by atoms with Gasteiger partial charge in [-0.2, -0.15) is 5.10 Å². The molecule has 1 amide bonds. The van der Waals surface area contributed by atoms with Gasteiger partial charge in [0.1, 0.15) is 5.82 Å². The molecule has 1 fully saturated rings. The Balaban J connectivity index is 1.60. The highest BCUT2D eigenvalue weighted by atomic mass is 16.1.